The Kier molecular flexibility index (Phi) is 3.58. The zero-order valence-electron chi connectivity index (χ0n) is 9.22. The molecule has 1 N–H and O–H groups in total. The summed E-state index contributed by atoms with van der Waals surface area (Å²) in [6, 6.07) is 1.51. The van der Waals surface area contributed by atoms with Gasteiger partial charge in [0.15, 0.2) is 0 Å². The van der Waals surface area contributed by atoms with E-state index in [-0.39, 0.29) is 17.8 Å². The van der Waals surface area contributed by atoms with Crippen molar-refractivity contribution in [3.63, 3.8) is 0 Å². The highest BCUT2D eigenvalue weighted by Crippen LogP contribution is 2.27. The lowest BCUT2D eigenvalue weighted by Crippen LogP contribution is -2.27. The zero-order chi connectivity index (χ0) is 12.4. The fourth-order valence-corrected chi connectivity index (χ4v) is 2.10. The van der Waals surface area contributed by atoms with Gasteiger partial charge < -0.3 is 10.1 Å². The lowest BCUT2D eigenvalue weighted by Gasteiger charge is -2.16. The maximum atomic E-state index is 10.9. The van der Waals surface area contributed by atoms with E-state index >= 15 is 0 Å². The van der Waals surface area contributed by atoms with Crippen molar-refractivity contribution in [2.24, 2.45) is 0 Å². The second-order valence-corrected chi connectivity index (χ2v) is 4.81. The van der Waals surface area contributed by atoms with Gasteiger partial charge in [-0.05, 0) is 29.3 Å². The van der Waals surface area contributed by atoms with Crippen LogP contribution in [0.25, 0.3) is 0 Å². The standard InChI is InChI=1S/C10H12BrN3O3/c1-6-8(2-3-17-6)13-10-9(14(15)16)4-7(11)5-12-10/h4-6,8H,2-3H2,1H3,(H,12,13). The minimum absolute atomic E-state index is 0.0292. The molecule has 0 spiro atoms. The molecule has 2 heterocycles. The minimum Gasteiger partial charge on any atom is -0.376 e. The van der Waals surface area contributed by atoms with Gasteiger partial charge in [-0.2, -0.15) is 0 Å². The Hall–Kier alpha value is -1.21. The Morgan fingerprint density at radius 2 is 2.47 bits per heavy atom. The molecule has 2 atom stereocenters. The van der Waals surface area contributed by atoms with Crippen LogP contribution < -0.4 is 5.32 Å². The lowest BCUT2D eigenvalue weighted by molar-refractivity contribution is -0.384. The number of hydrogen-bond donors (Lipinski definition) is 1. The Labute approximate surface area is 107 Å². The predicted molar refractivity (Wildman–Crippen MR) is 66.0 cm³/mol. The second kappa shape index (κ2) is 4.97. The number of pyridine rings is 1. The maximum absolute atomic E-state index is 10.9. The van der Waals surface area contributed by atoms with E-state index in [2.05, 4.69) is 26.2 Å². The summed E-state index contributed by atoms with van der Waals surface area (Å²) in [6.45, 7) is 2.61. The van der Waals surface area contributed by atoms with Crippen LogP contribution in [-0.2, 0) is 4.74 Å². The van der Waals surface area contributed by atoms with Crippen molar-refractivity contribution in [2.45, 2.75) is 25.5 Å². The monoisotopic (exact) mass is 301 g/mol. The Morgan fingerprint density at radius 1 is 1.71 bits per heavy atom. The molecule has 0 bridgehead atoms. The number of ether oxygens (including phenoxy) is 1. The molecule has 2 unspecified atom stereocenters. The average molecular weight is 302 g/mol. The largest absolute Gasteiger partial charge is 0.376 e. The van der Waals surface area contributed by atoms with Crippen LogP contribution >= 0.6 is 15.9 Å². The van der Waals surface area contributed by atoms with E-state index in [0.717, 1.165) is 6.42 Å². The summed E-state index contributed by atoms with van der Waals surface area (Å²) < 4.78 is 5.98. The third kappa shape index (κ3) is 2.73. The topological polar surface area (TPSA) is 77.3 Å². The van der Waals surface area contributed by atoms with E-state index < -0.39 is 4.92 Å². The van der Waals surface area contributed by atoms with E-state index in [1.165, 1.54) is 12.3 Å². The fourth-order valence-electron chi connectivity index (χ4n) is 1.78. The van der Waals surface area contributed by atoms with Gasteiger partial charge in [-0.1, -0.05) is 0 Å². The normalized spacial score (nSPS) is 23.6. The molecule has 0 aromatic carbocycles. The lowest BCUT2D eigenvalue weighted by atomic mass is 10.1. The van der Waals surface area contributed by atoms with Gasteiger partial charge in [0.1, 0.15) is 0 Å². The number of nitro groups is 1. The Bertz CT molecular complexity index is 441. The van der Waals surface area contributed by atoms with Gasteiger partial charge in [-0.25, -0.2) is 4.98 Å². The first-order chi connectivity index (χ1) is 8.08. The van der Waals surface area contributed by atoms with Crippen LogP contribution in [0.5, 0.6) is 0 Å². The van der Waals surface area contributed by atoms with Gasteiger partial charge in [0.25, 0.3) is 0 Å². The summed E-state index contributed by atoms with van der Waals surface area (Å²) in [6.07, 6.45) is 2.41. The molecule has 1 aliphatic heterocycles. The van der Waals surface area contributed by atoms with Gasteiger partial charge in [0.05, 0.1) is 17.1 Å². The van der Waals surface area contributed by atoms with Crippen LogP contribution in [0.1, 0.15) is 13.3 Å². The molecule has 0 aliphatic carbocycles. The van der Waals surface area contributed by atoms with E-state index in [1.54, 1.807) is 0 Å². The van der Waals surface area contributed by atoms with Gasteiger partial charge >= 0.3 is 5.69 Å². The molecule has 1 saturated heterocycles. The van der Waals surface area contributed by atoms with Crippen LogP contribution in [0.15, 0.2) is 16.7 Å². The second-order valence-electron chi connectivity index (χ2n) is 3.89. The highest BCUT2D eigenvalue weighted by atomic mass is 79.9. The van der Waals surface area contributed by atoms with Crippen molar-refractivity contribution in [3.8, 4) is 0 Å². The molecule has 0 radical (unpaired) electrons. The molecule has 0 saturated carbocycles. The number of aromatic nitrogens is 1. The average Bonchev–Trinajstić information content (AvgIpc) is 2.67. The van der Waals surface area contributed by atoms with Crippen molar-refractivity contribution in [3.05, 3.63) is 26.9 Å². The number of hydrogen-bond acceptors (Lipinski definition) is 5. The Morgan fingerprint density at radius 3 is 3.06 bits per heavy atom. The summed E-state index contributed by atoms with van der Waals surface area (Å²) in [5.74, 6) is 0.292. The number of rotatable bonds is 3. The molecule has 2 rings (SSSR count). The first-order valence-electron chi connectivity index (χ1n) is 5.26. The van der Waals surface area contributed by atoms with Gasteiger partial charge in [-0.15, -0.1) is 0 Å². The smallest absolute Gasteiger partial charge is 0.312 e. The van der Waals surface area contributed by atoms with Crippen molar-refractivity contribution in [1.82, 2.24) is 4.98 Å². The zero-order valence-corrected chi connectivity index (χ0v) is 10.8. The third-order valence-electron chi connectivity index (χ3n) is 2.73. The molecular weight excluding hydrogens is 290 g/mol. The quantitative estimate of drug-likeness (QED) is 0.685. The Balaban J connectivity index is 2.22. The summed E-state index contributed by atoms with van der Waals surface area (Å²) in [4.78, 5) is 14.5. The van der Waals surface area contributed by atoms with Crippen LogP contribution in [-0.4, -0.2) is 28.7 Å². The predicted octanol–water partition coefficient (Wildman–Crippen LogP) is 2.34. The van der Waals surface area contributed by atoms with Crippen LogP contribution in [0.4, 0.5) is 11.5 Å². The van der Waals surface area contributed by atoms with Crippen LogP contribution in [0.3, 0.4) is 0 Å². The summed E-state index contributed by atoms with van der Waals surface area (Å²) in [5, 5.41) is 14.0. The number of anilines is 1. The maximum Gasteiger partial charge on any atom is 0.312 e. The van der Waals surface area contributed by atoms with E-state index in [1.807, 2.05) is 6.92 Å². The highest BCUT2D eigenvalue weighted by Gasteiger charge is 2.27. The van der Waals surface area contributed by atoms with Crippen LogP contribution in [0.2, 0.25) is 0 Å². The molecule has 1 aromatic rings. The van der Waals surface area contributed by atoms with E-state index in [9.17, 15) is 10.1 Å². The highest BCUT2D eigenvalue weighted by molar-refractivity contribution is 9.10. The third-order valence-corrected chi connectivity index (χ3v) is 3.16. The first-order valence-corrected chi connectivity index (χ1v) is 6.05. The summed E-state index contributed by atoms with van der Waals surface area (Å²) >= 11 is 3.17. The van der Waals surface area contributed by atoms with E-state index in [4.69, 9.17) is 4.74 Å². The molecule has 17 heavy (non-hydrogen) atoms. The molecule has 7 heteroatoms. The fraction of sp³-hybridized carbons (Fsp3) is 0.500. The number of nitrogens with one attached hydrogen (secondary N) is 1. The first kappa shape index (κ1) is 12.3. The molecule has 92 valence electrons. The summed E-state index contributed by atoms with van der Waals surface area (Å²) in [7, 11) is 0. The molecule has 1 fully saturated rings. The van der Waals surface area contributed by atoms with Crippen molar-refractivity contribution in [1.29, 1.82) is 0 Å². The molecule has 0 amide bonds. The molecule has 1 aromatic heterocycles. The van der Waals surface area contributed by atoms with Crippen LogP contribution in [0, 0.1) is 10.1 Å². The molecule has 1 aliphatic rings. The van der Waals surface area contributed by atoms with Crippen molar-refractivity contribution >= 4 is 27.4 Å². The molecule has 6 nitrogen and oxygen atoms in total. The molecular formula is C10H12BrN3O3. The van der Waals surface area contributed by atoms with Gasteiger partial charge in [0.2, 0.25) is 5.82 Å². The summed E-state index contributed by atoms with van der Waals surface area (Å²) in [5.41, 5.74) is -0.0292. The van der Waals surface area contributed by atoms with Gasteiger partial charge in [0, 0.05) is 23.3 Å². The van der Waals surface area contributed by atoms with Crippen molar-refractivity contribution in [2.75, 3.05) is 11.9 Å². The van der Waals surface area contributed by atoms with Gasteiger partial charge in [-0.3, -0.25) is 10.1 Å². The SMILES string of the molecule is CC1OCCC1Nc1ncc(Br)cc1[N+](=O)[O-]. The van der Waals surface area contributed by atoms with Crippen molar-refractivity contribution < 1.29 is 9.66 Å². The minimum atomic E-state index is -0.444. The van der Waals surface area contributed by atoms with E-state index in [0.29, 0.717) is 16.9 Å². The number of halogens is 1. The number of nitrogens with zero attached hydrogens (tertiary/aromatic N) is 2.